The van der Waals surface area contributed by atoms with Crippen molar-refractivity contribution in [3.05, 3.63) is 64.7 Å². The maximum Gasteiger partial charge on any atom is 0.311 e. The number of nitrogens with zero attached hydrogens (tertiary/aromatic N) is 1. The molecule has 198 valence electrons. The van der Waals surface area contributed by atoms with Crippen molar-refractivity contribution in [2.24, 2.45) is 11.8 Å². The summed E-state index contributed by atoms with van der Waals surface area (Å²) in [6.45, 7) is 2.08. The van der Waals surface area contributed by atoms with Gasteiger partial charge in [0.05, 0.1) is 11.2 Å². The quantitative estimate of drug-likeness (QED) is 0.172. The lowest BCUT2D eigenvalue weighted by Crippen LogP contribution is -2.37. The predicted octanol–water partition coefficient (Wildman–Crippen LogP) is 5.43. The fourth-order valence-electron chi connectivity index (χ4n) is 4.41. The van der Waals surface area contributed by atoms with Gasteiger partial charge in [-0.1, -0.05) is 55.6 Å². The monoisotopic (exact) mass is 546 g/mol. The Balaban J connectivity index is 1.39. The van der Waals surface area contributed by atoms with Gasteiger partial charge in [-0.05, 0) is 66.4 Å². The molecular formula is C27H31ClN2O6S. The Kier molecular flexibility index (Phi) is 9.48. The van der Waals surface area contributed by atoms with E-state index in [9.17, 15) is 14.4 Å². The van der Waals surface area contributed by atoms with Crippen LogP contribution in [0.25, 0.3) is 0 Å². The summed E-state index contributed by atoms with van der Waals surface area (Å²) in [5, 5.41) is 0.265. The summed E-state index contributed by atoms with van der Waals surface area (Å²) in [6.07, 6.45) is 3.50. The topological polar surface area (TPSA) is 108 Å². The molecule has 4 rings (SSSR count). The van der Waals surface area contributed by atoms with Gasteiger partial charge >= 0.3 is 11.2 Å². The maximum absolute atomic E-state index is 12.6. The van der Waals surface area contributed by atoms with Gasteiger partial charge in [0.15, 0.2) is 0 Å². The molecule has 1 aliphatic heterocycles. The molecule has 3 unspecified atom stereocenters. The van der Waals surface area contributed by atoms with E-state index in [1.165, 1.54) is 0 Å². The van der Waals surface area contributed by atoms with E-state index in [0.717, 1.165) is 48.6 Å². The summed E-state index contributed by atoms with van der Waals surface area (Å²) >= 11 is 7.15. The summed E-state index contributed by atoms with van der Waals surface area (Å²) in [5.74, 6) is 5.42. The highest BCUT2D eigenvalue weighted by Crippen LogP contribution is 2.30. The molecule has 2 aromatic carbocycles. The van der Waals surface area contributed by atoms with Gasteiger partial charge in [0, 0.05) is 11.4 Å². The van der Waals surface area contributed by atoms with Gasteiger partial charge in [-0.25, -0.2) is 10.9 Å². The zero-order valence-corrected chi connectivity index (χ0v) is 22.2. The fraction of sp³-hybridized carbons (Fsp3) is 0.444. The molecule has 0 spiro atoms. The van der Waals surface area contributed by atoms with Crippen molar-refractivity contribution in [3.63, 3.8) is 0 Å². The number of amides is 2. The van der Waals surface area contributed by atoms with Crippen LogP contribution < -0.4 is 10.6 Å². The Bertz CT molecular complexity index is 1110. The second-order valence-corrected chi connectivity index (χ2v) is 10.8. The number of thioether (sulfide) groups is 1. The van der Waals surface area contributed by atoms with Gasteiger partial charge in [-0.3, -0.25) is 14.4 Å². The minimum absolute atomic E-state index is 0.0546. The zero-order valence-electron chi connectivity index (χ0n) is 20.6. The second kappa shape index (κ2) is 12.8. The van der Waals surface area contributed by atoms with Crippen LogP contribution in [-0.2, 0) is 25.5 Å². The first-order chi connectivity index (χ1) is 17.8. The van der Waals surface area contributed by atoms with Crippen molar-refractivity contribution < 1.29 is 28.6 Å². The number of esters is 1. The molecule has 1 aliphatic carbocycles. The zero-order chi connectivity index (χ0) is 26.4. The van der Waals surface area contributed by atoms with E-state index in [1.54, 1.807) is 18.2 Å². The number of hydrogen-bond acceptors (Lipinski definition) is 8. The SMILES string of the molecule is CCC(OC(=O)C1CCCC1)OC(COc1ccc(CC2SC(=O)N(N)C2=O)cc1)c1cccc(Cl)c1. The number of hydrazine groups is 1. The number of ether oxygens (including phenoxy) is 3. The third kappa shape index (κ3) is 7.25. The molecule has 1 saturated carbocycles. The van der Waals surface area contributed by atoms with E-state index >= 15 is 0 Å². The highest BCUT2D eigenvalue weighted by Gasteiger charge is 2.37. The Morgan fingerprint density at radius 2 is 1.89 bits per heavy atom. The maximum atomic E-state index is 12.6. The van der Waals surface area contributed by atoms with Crippen LogP contribution >= 0.6 is 23.4 Å². The van der Waals surface area contributed by atoms with E-state index in [1.807, 2.05) is 37.3 Å². The predicted molar refractivity (Wildman–Crippen MR) is 141 cm³/mol. The highest BCUT2D eigenvalue weighted by molar-refractivity contribution is 8.15. The van der Waals surface area contributed by atoms with E-state index in [2.05, 4.69) is 0 Å². The van der Waals surface area contributed by atoms with Gasteiger partial charge < -0.3 is 14.2 Å². The van der Waals surface area contributed by atoms with Crippen LogP contribution in [0.5, 0.6) is 5.75 Å². The molecule has 1 heterocycles. The molecule has 2 amide bonds. The van der Waals surface area contributed by atoms with Crippen molar-refractivity contribution in [2.75, 3.05) is 6.61 Å². The van der Waals surface area contributed by atoms with Crippen molar-refractivity contribution in [3.8, 4) is 5.75 Å². The van der Waals surface area contributed by atoms with E-state index in [-0.39, 0.29) is 18.5 Å². The number of nitrogens with two attached hydrogens (primary N) is 1. The van der Waals surface area contributed by atoms with Crippen LogP contribution in [0.3, 0.4) is 0 Å². The lowest BCUT2D eigenvalue weighted by atomic mass is 10.1. The van der Waals surface area contributed by atoms with Crippen LogP contribution in [0.2, 0.25) is 5.02 Å². The van der Waals surface area contributed by atoms with Gasteiger partial charge in [0.2, 0.25) is 6.29 Å². The summed E-state index contributed by atoms with van der Waals surface area (Å²) in [7, 11) is 0. The molecule has 0 aromatic heterocycles. The lowest BCUT2D eigenvalue weighted by molar-refractivity contribution is -0.198. The number of imide groups is 1. The summed E-state index contributed by atoms with van der Waals surface area (Å²) in [5.41, 5.74) is 1.70. The fourth-order valence-corrected chi connectivity index (χ4v) is 5.55. The van der Waals surface area contributed by atoms with Crippen molar-refractivity contribution in [1.82, 2.24) is 5.01 Å². The number of carbonyl (C=O) groups excluding carboxylic acids is 3. The van der Waals surface area contributed by atoms with Crippen LogP contribution in [0, 0.1) is 5.92 Å². The van der Waals surface area contributed by atoms with Crippen LogP contribution in [0.4, 0.5) is 4.79 Å². The molecule has 2 fully saturated rings. The number of halogens is 1. The van der Waals surface area contributed by atoms with Crippen LogP contribution in [0.1, 0.15) is 56.3 Å². The third-order valence-corrected chi connectivity index (χ3v) is 7.79. The van der Waals surface area contributed by atoms with Gasteiger partial charge in [-0.2, -0.15) is 0 Å². The molecule has 2 aromatic rings. The second-order valence-electron chi connectivity index (χ2n) is 9.18. The first-order valence-electron chi connectivity index (χ1n) is 12.5. The first-order valence-corrected chi connectivity index (χ1v) is 13.7. The summed E-state index contributed by atoms with van der Waals surface area (Å²) < 4.78 is 18.0. The molecule has 37 heavy (non-hydrogen) atoms. The number of carbonyl (C=O) groups is 3. The molecule has 1 saturated heterocycles. The van der Waals surface area contributed by atoms with Crippen molar-refractivity contribution in [1.29, 1.82) is 0 Å². The number of benzene rings is 2. The van der Waals surface area contributed by atoms with Gasteiger partial charge in [0.1, 0.15) is 18.5 Å². The normalized spacial score (nSPS) is 19.8. The average molecular weight is 547 g/mol. The molecular weight excluding hydrogens is 516 g/mol. The molecule has 0 bridgehead atoms. The van der Waals surface area contributed by atoms with E-state index < -0.39 is 28.8 Å². The highest BCUT2D eigenvalue weighted by atomic mass is 35.5. The molecule has 8 nitrogen and oxygen atoms in total. The largest absolute Gasteiger partial charge is 0.491 e. The van der Waals surface area contributed by atoms with Crippen molar-refractivity contribution in [2.45, 2.75) is 63.1 Å². The van der Waals surface area contributed by atoms with Gasteiger partial charge in [0.25, 0.3) is 5.91 Å². The Morgan fingerprint density at radius 3 is 2.51 bits per heavy atom. The van der Waals surface area contributed by atoms with Gasteiger partial charge in [-0.15, -0.1) is 0 Å². The smallest absolute Gasteiger partial charge is 0.311 e. The minimum Gasteiger partial charge on any atom is -0.491 e. The van der Waals surface area contributed by atoms with E-state index in [0.29, 0.717) is 28.6 Å². The van der Waals surface area contributed by atoms with Crippen LogP contribution in [-0.4, -0.2) is 40.3 Å². The van der Waals surface area contributed by atoms with Crippen LogP contribution in [0.15, 0.2) is 48.5 Å². The summed E-state index contributed by atoms with van der Waals surface area (Å²) in [6, 6.07) is 14.6. The molecule has 10 heteroatoms. The number of hydrogen-bond donors (Lipinski definition) is 1. The lowest BCUT2D eigenvalue weighted by Gasteiger charge is -2.25. The third-order valence-electron chi connectivity index (χ3n) is 6.50. The minimum atomic E-state index is -0.700. The Hall–Kier alpha value is -2.59. The molecule has 3 atom stereocenters. The average Bonchev–Trinajstić information content (AvgIpc) is 3.52. The molecule has 2 aliphatic rings. The molecule has 0 radical (unpaired) electrons. The Morgan fingerprint density at radius 1 is 1.16 bits per heavy atom. The standard InChI is InChI=1S/C27H31ClN2O6S/c1-2-24(36-26(32)18-6-3-4-7-18)35-22(19-8-5-9-20(28)15-19)16-34-21-12-10-17(11-13-21)14-23-25(31)30(29)27(33)37-23/h5,8-13,15,18,22-24H,2-4,6-7,14,16,29H2,1H3. The van der Waals surface area contributed by atoms with E-state index in [4.69, 9.17) is 31.7 Å². The number of rotatable bonds is 11. The first kappa shape index (κ1) is 27.4. The molecule has 2 N–H and O–H groups in total. The summed E-state index contributed by atoms with van der Waals surface area (Å²) in [4.78, 5) is 36.3. The Labute approximate surface area is 225 Å². The van der Waals surface area contributed by atoms with Crippen molar-refractivity contribution >= 4 is 40.5 Å².